The molecule has 1 unspecified atom stereocenters. The smallest absolute Gasteiger partial charge is 0.0755 e. The number of hydrogen-bond acceptors (Lipinski definition) is 2. The minimum atomic E-state index is -0.655. The van der Waals surface area contributed by atoms with Crippen LogP contribution in [0.4, 0.5) is 34.1 Å². The summed E-state index contributed by atoms with van der Waals surface area (Å²) in [6.07, 6.45) is 0. The number of hydrogen-bond donors (Lipinski definition) is 0. The van der Waals surface area contributed by atoms with Crippen molar-refractivity contribution in [3.8, 4) is 55.6 Å². The van der Waals surface area contributed by atoms with Crippen molar-refractivity contribution in [2.45, 2.75) is 10.8 Å². The number of fused-ring (bicyclic) bond motifs is 15. The van der Waals surface area contributed by atoms with E-state index in [-0.39, 0.29) is 0 Å². The zero-order valence-electron chi connectivity index (χ0n) is 41.6. The van der Waals surface area contributed by atoms with Crippen LogP contribution in [0, 0.1) is 0 Å². The second kappa shape index (κ2) is 16.4. The van der Waals surface area contributed by atoms with Crippen molar-refractivity contribution in [1.29, 1.82) is 0 Å². The number of para-hydroxylation sites is 2. The maximum atomic E-state index is 2.58. The van der Waals surface area contributed by atoms with Gasteiger partial charge in [0.05, 0.1) is 27.9 Å². The van der Waals surface area contributed by atoms with Crippen LogP contribution in [-0.2, 0) is 10.8 Å². The summed E-state index contributed by atoms with van der Waals surface area (Å²) in [4.78, 5) is 5.05. The summed E-state index contributed by atoms with van der Waals surface area (Å²) in [5.41, 5.74) is 28.4. The van der Waals surface area contributed by atoms with Gasteiger partial charge < -0.3 is 9.80 Å². The highest BCUT2D eigenvalue weighted by atomic mass is 15.2. The largest absolute Gasteiger partial charge is 0.310 e. The first kappa shape index (κ1) is 42.7. The third kappa shape index (κ3) is 5.76. The van der Waals surface area contributed by atoms with Gasteiger partial charge in [0.2, 0.25) is 0 Å². The van der Waals surface area contributed by atoms with Gasteiger partial charge in [0, 0.05) is 28.2 Å². The molecule has 76 heavy (non-hydrogen) atoms. The third-order valence-corrected chi connectivity index (χ3v) is 17.1. The Hall–Kier alpha value is -9.76. The second-order valence-electron chi connectivity index (χ2n) is 20.6. The SMILES string of the molecule is c1ccc(-c2ccc(N(c3ccc4c(c3)C3(c5ccccc5-c5ccccc53)c3ccccc3-4)c3cc4c(cc3-c3ccccc3)-c3cccc5c3C4(c3ccccc3)c3ccccc3N5c3ccccc3)cc2)cc1. The number of benzene rings is 12. The van der Waals surface area contributed by atoms with Gasteiger partial charge in [0.15, 0.2) is 0 Å². The second-order valence-corrected chi connectivity index (χ2v) is 20.6. The van der Waals surface area contributed by atoms with Gasteiger partial charge >= 0.3 is 0 Å². The predicted molar refractivity (Wildman–Crippen MR) is 314 cm³/mol. The quantitative estimate of drug-likeness (QED) is 0.157. The van der Waals surface area contributed by atoms with Crippen LogP contribution in [0.5, 0.6) is 0 Å². The summed E-state index contributed by atoms with van der Waals surface area (Å²) in [5, 5.41) is 0. The molecule has 2 nitrogen and oxygen atoms in total. The fourth-order valence-corrected chi connectivity index (χ4v) is 14.1. The van der Waals surface area contributed by atoms with E-state index in [9.17, 15) is 0 Å². The molecule has 1 atom stereocenters. The highest BCUT2D eigenvalue weighted by Crippen LogP contribution is 2.67. The Morgan fingerprint density at radius 3 is 1.38 bits per heavy atom. The van der Waals surface area contributed by atoms with Gasteiger partial charge in [-0.25, -0.2) is 0 Å². The summed E-state index contributed by atoms with van der Waals surface area (Å²) in [6, 6.07) is 109. The van der Waals surface area contributed by atoms with Crippen molar-refractivity contribution in [3.63, 3.8) is 0 Å². The molecule has 0 radical (unpaired) electrons. The molecule has 4 aliphatic rings. The zero-order valence-corrected chi connectivity index (χ0v) is 41.6. The van der Waals surface area contributed by atoms with Gasteiger partial charge in [-0.2, -0.15) is 0 Å². The van der Waals surface area contributed by atoms with E-state index in [2.05, 4.69) is 301 Å². The van der Waals surface area contributed by atoms with E-state index in [0.29, 0.717) is 0 Å². The van der Waals surface area contributed by atoms with Crippen molar-refractivity contribution < 1.29 is 0 Å². The van der Waals surface area contributed by atoms with E-state index >= 15 is 0 Å². The van der Waals surface area contributed by atoms with Crippen LogP contribution in [-0.4, -0.2) is 0 Å². The Morgan fingerprint density at radius 1 is 0.263 bits per heavy atom. The van der Waals surface area contributed by atoms with Crippen LogP contribution in [0.2, 0.25) is 0 Å². The lowest BCUT2D eigenvalue weighted by atomic mass is 9.64. The third-order valence-electron chi connectivity index (χ3n) is 17.1. The summed E-state index contributed by atoms with van der Waals surface area (Å²) >= 11 is 0. The molecule has 354 valence electrons. The van der Waals surface area contributed by atoms with E-state index < -0.39 is 10.8 Å². The molecule has 2 heteroatoms. The molecular weight excluding hydrogens is 917 g/mol. The minimum Gasteiger partial charge on any atom is -0.310 e. The van der Waals surface area contributed by atoms with Gasteiger partial charge in [-0.3, -0.25) is 0 Å². The molecular formula is C74H48N2. The van der Waals surface area contributed by atoms with Crippen LogP contribution in [0.3, 0.4) is 0 Å². The molecule has 16 rings (SSSR count). The molecule has 12 aromatic carbocycles. The Labute approximate surface area is 443 Å². The van der Waals surface area contributed by atoms with E-state index in [1.165, 1.54) is 100 Å². The summed E-state index contributed by atoms with van der Waals surface area (Å²) < 4.78 is 0. The molecule has 0 bridgehead atoms. The van der Waals surface area contributed by atoms with Gasteiger partial charge in [-0.15, -0.1) is 0 Å². The molecule has 1 spiro atoms. The zero-order chi connectivity index (χ0) is 50.0. The Kier molecular flexibility index (Phi) is 9.20. The Morgan fingerprint density at radius 2 is 0.737 bits per heavy atom. The van der Waals surface area contributed by atoms with Crippen LogP contribution in [0.15, 0.2) is 291 Å². The fourth-order valence-electron chi connectivity index (χ4n) is 14.1. The highest BCUT2D eigenvalue weighted by molar-refractivity contribution is 6.04. The summed E-state index contributed by atoms with van der Waals surface area (Å²) in [6.45, 7) is 0. The lowest BCUT2D eigenvalue weighted by Gasteiger charge is -2.44. The Bertz CT molecular complexity index is 4210. The fraction of sp³-hybridized carbons (Fsp3) is 0.0270. The lowest BCUT2D eigenvalue weighted by molar-refractivity contribution is 0.753. The molecule has 1 aliphatic heterocycles. The number of anilines is 6. The van der Waals surface area contributed by atoms with E-state index in [0.717, 1.165) is 33.9 Å². The van der Waals surface area contributed by atoms with Crippen LogP contribution < -0.4 is 9.80 Å². The monoisotopic (exact) mass is 964 g/mol. The van der Waals surface area contributed by atoms with Crippen molar-refractivity contribution in [2.75, 3.05) is 9.80 Å². The molecule has 0 saturated heterocycles. The average molecular weight is 965 g/mol. The topological polar surface area (TPSA) is 6.48 Å². The van der Waals surface area contributed by atoms with Gasteiger partial charge in [0.1, 0.15) is 0 Å². The summed E-state index contributed by atoms with van der Waals surface area (Å²) in [5.74, 6) is 0. The highest BCUT2D eigenvalue weighted by Gasteiger charge is 2.54. The van der Waals surface area contributed by atoms with Gasteiger partial charge in [0.25, 0.3) is 0 Å². The summed E-state index contributed by atoms with van der Waals surface area (Å²) in [7, 11) is 0. The molecule has 0 N–H and O–H groups in total. The molecule has 0 fully saturated rings. The molecule has 0 amide bonds. The van der Waals surface area contributed by atoms with Crippen LogP contribution >= 0.6 is 0 Å². The minimum absolute atomic E-state index is 0.510. The van der Waals surface area contributed by atoms with E-state index in [1.54, 1.807) is 0 Å². The van der Waals surface area contributed by atoms with Crippen molar-refractivity contribution in [1.82, 2.24) is 0 Å². The molecule has 0 saturated carbocycles. The van der Waals surface area contributed by atoms with Crippen LogP contribution in [0.1, 0.15) is 44.5 Å². The Balaban J connectivity index is 1.01. The standard InChI is InChI=1S/C74H48N2/c1-5-22-49(23-6-1)50-40-42-54(43-41-50)75(55-44-45-59-58-32-15-18-36-65(58)74(67(59)46-55)63-34-16-13-30-56(63)57-31-14-17-35-64(57)74)71-48-68-62(47-61(71)51-24-7-2-8-25-51)60-33-21-39-70-72(60)73(68,52-26-9-3-10-27-52)66-37-19-20-38-69(66)76(70)53-28-11-4-12-29-53/h1-48H. The number of nitrogens with zero attached hydrogens (tertiary/aromatic N) is 2. The first-order valence-corrected chi connectivity index (χ1v) is 26.5. The normalized spacial score (nSPS) is 15.2. The van der Waals surface area contributed by atoms with Gasteiger partial charge in [-0.1, -0.05) is 231 Å². The molecule has 1 heterocycles. The molecule has 12 aromatic rings. The lowest BCUT2D eigenvalue weighted by Crippen LogP contribution is -2.36. The first-order valence-electron chi connectivity index (χ1n) is 26.5. The molecule has 3 aliphatic carbocycles. The van der Waals surface area contributed by atoms with Crippen molar-refractivity contribution >= 4 is 34.1 Å². The van der Waals surface area contributed by atoms with Gasteiger partial charge in [-0.05, 0) is 150 Å². The molecule has 0 aromatic heterocycles. The average Bonchev–Trinajstić information content (AvgIpc) is 4.30. The van der Waals surface area contributed by atoms with E-state index in [1.807, 2.05) is 0 Å². The van der Waals surface area contributed by atoms with Crippen molar-refractivity contribution in [2.24, 2.45) is 0 Å². The predicted octanol–water partition coefficient (Wildman–Crippen LogP) is 19.0. The maximum absolute atomic E-state index is 2.58. The van der Waals surface area contributed by atoms with Crippen LogP contribution in [0.25, 0.3) is 55.6 Å². The van der Waals surface area contributed by atoms with E-state index in [4.69, 9.17) is 0 Å². The number of rotatable bonds is 7. The first-order chi connectivity index (χ1) is 37.7. The van der Waals surface area contributed by atoms with Crippen molar-refractivity contribution in [3.05, 3.63) is 336 Å². The maximum Gasteiger partial charge on any atom is 0.0755 e.